The molecule has 0 saturated carbocycles. The minimum absolute atomic E-state index is 0.0370. The second-order valence-corrected chi connectivity index (χ2v) is 18.0. The van der Waals surface area contributed by atoms with E-state index in [1.165, 1.54) is 0 Å². The van der Waals surface area contributed by atoms with Gasteiger partial charge in [0.05, 0.1) is 49.7 Å². The number of carbonyl (C=O) groups is 3. The highest BCUT2D eigenvalue weighted by Crippen LogP contribution is 2.41. The average Bonchev–Trinajstić information content (AvgIpc) is 3.73. The highest BCUT2D eigenvalue weighted by Gasteiger charge is 2.62. The highest BCUT2D eigenvalue weighted by atomic mass is 16.8. The lowest BCUT2D eigenvalue weighted by atomic mass is 9.97. The van der Waals surface area contributed by atoms with Gasteiger partial charge in [-0.05, 0) is 58.7 Å². The van der Waals surface area contributed by atoms with Crippen molar-refractivity contribution >= 4 is 17.9 Å². The lowest BCUT2D eigenvalue weighted by molar-refractivity contribution is -0.393. The summed E-state index contributed by atoms with van der Waals surface area (Å²) in [5.41, 5.74) is 4.08. The maximum Gasteiger partial charge on any atom is 0.338 e. The zero-order valence-corrected chi connectivity index (χ0v) is 41.0. The Hall–Kier alpha value is -7.37. The van der Waals surface area contributed by atoms with Crippen molar-refractivity contribution in [3.05, 3.63) is 251 Å². The molecule has 0 bridgehead atoms. The van der Waals surface area contributed by atoms with Crippen LogP contribution in [0.3, 0.4) is 0 Å². The fourth-order valence-corrected chi connectivity index (χ4v) is 8.81. The fourth-order valence-electron chi connectivity index (χ4n) is 8.81. The first-order valence-electron chi connectivity index (χ1n) is 24.8. The molecule has 0 unspecified atom stereocenters. The van der Waals surface area contributed by atoms with E-state index >= 15 is 0 Å². The Bertz CT molecular complexity index is 2830. The maximum atomic E-state index is 13.9. The second kappa shape index (κ2) is 26.2. The van der Waals surface area contributed by atoms with Crippen LogP contribution in [0.15, 0.2) is 212 Å². The van der Waals surface area contributed by atoms with Crippen LogP contribution in [0.1, 0.15) is 53.3 Å². The lowest BCUT2D eigenvalue weighted by Gasteiger charge is -2.48. The van der Waals surface area contributed by atoms with E-state index < -0.39 is 85.9 Å². The van der Waals surface area contributed by atoms with Gasteiger partial charge in [-0.15, -0.1) is 0 Å². The normalized spacial score (nSPS) is 23.2. The summed E-state index contributed by atoms with van der Waals surface area (Å²) >= 11 is 0. The number of hydrogen-bond donors (Lipinski definition) is 1. The Balaban J connectivity index is 1.12. The molecule has 2 heterocycles. The van der Waals surface area contributed by atoms with Crippen molar-refractivity contribution in [2.24, 2.45) is 0 Å². The van der Waals surface area contributed by atoms with E-state index in [9.17, 15) is 19.5 Å². The molecule has 2 aliphatic heterocycles. The van der Waals surface area contributed by atoms with Gasteiger partial charge in [-0.3, -0.25) is 0 Å². The van der Waals surface area contributed by atoms with E-state index in [0.717, 1.165) is 22.3 Å². The molecule has 75 heavy (non-hydrogen) atoms. The van der Waals surface area contributed by atoms with Crippen molar-refractivity contribution in [3.63, 3.8) is 0 Å². The number of aliphatic hydroxyl groups is 1. The van der Waals surface area contributed by atoms with Gasteiger partial charge < -0.3 is 52.5 Å². The second-order valence-electron chi connectivity index (χ2n) is 18.0. The van der Waals surface area contributed by atoms with Crippen molar-refractivity contribution in [2.45, 2.75) is 81.2 Å². The Kier molecular flexibility index (Phi) is 18.3. The molecule has 0 radical (unpaired) electrons. The molecular formula is C61H58O14. The van der Waals surface area contributed by atoms with Gasteiger partial charge in [-0.2, -0.15) is 0 Å². The number of ether oxygens (including phenoxy) is 10. The quantitative estimate of drug-likeness (QED) is 0.0477. The van der Waals surface area contributed by atoms with Gasteiger partial charge in [-0.1, -0.05) is 176 Å². The summed E-state index contributed by atoms with van der Waals surface area (Å²) in [5, 5.41) is 12.8. The zero-order valence-electron chi connectivity index (χ0n) is 41.0. The third kappa shape index (κ3) is 14.1. The van der Waals surface area contributed by atoms with Crippen LogP contribution in [0, 0.1) is 0 Å². The predicted octanol–water partition coefficient (Wildman–Crippen LogP) is 9.10. The van der Waals surface area contributed by atoms with Crippen LogP contribution >= 0.6 is 0 Å². The van der Waals surface area contributed by atoms with Gasteiger partial charge in [0.15, 0.2) is 18.5 Å². The van der Waals surface area contributed by atoms with Crippen LogP contribution in [0.4, 0.5) is 0 Å². The predicted molar refractivity (Wildman–Crippen MR) is 274 cm³/mol. The molecule has 14 heteroatoms. The minimum Gasteiger partial charge on any atom is -0.459 e. The Morgan fingerprint density at radius 1 is 0.427 bits per heavy atom. The standard InChI is InChI=1S/C61H58O14/c62-56-53(73-59(65)49-34-20-7-21-35-49)51(41-70-57(63)47-30-16-5-17-31-47)74-61(56,42-71-58(64)48-32-18-6-19-33-48)75-60-55(69-39-46-28-14-4-15-29-46)54(68-38-45-26-12-3-13-27-45)52(67-37-44-24-10-2-11-25-44)50(72-60)40-66-36-43-22-8-1-9-23-43/h1-35,50-56,60,62H,36-42H2/t50-,51-,52-,53-,54+,55-,56+,60-,61+/m1/s1. The van der Waals surface area contributed by atoms with Gasteiger partial charge in [0.25, 0.3) is 0 Å². The zero-order chi connectivity index (χ0) is 51.7. The SMILES string of the molecule is O=C(OC[C@H]1O[C@@](COC(=O)c2ccccc2)(O[C@H]2O[C@H](COCc3ccccc3)[C@@H](OCc3ccccc3)[C@H](OCc3ccccc3)[C@H]2OCc2ccccc2)[C@@H](O)[C@@H]1OC(=O)c1ccccc1)c1ccccc1. The van der Waals surface area contributed by atoms with E-state index in [2.05, 4.69) is 0 Å². The van der Waals surface area contributed by atoms with Crippen molar-refractivity contribution in [1.82, 2.24) is 0 Å². The van der Waals surface area contributed by atoms with Gasteiger partial charge >= 0.3 is 17.9 Å². The number of benzene rings is 7. The van der Waals surface area contributed by atoms with Crippen LogP contribution in [0.25, 0.3) is 0 Å². The maximum absolute atomic E-state index is 13.9. The summed E-state index contributed by atoms with van der Waals surface area (Å²) < 4.78 is 65.7. The first-order valence-corrected chi connectivity index (χ1v) is 24.8. The van der Waals surface area contributed by atoms with Crippen molar-refractivity contribution in [1.29, 1.82) is 0 Å². The molecular weight excluding hydrogens is 957 g/mol. The van der Waals surface area contributed by atoms with Crippen LogP contribution in [0.2, 0.25) is 0 Å². The van der Waals surface area contributed by atoms with Gasteiger partial charge in [0.1, 0.15) is 43.7 Å². The smallest absolute Gasteiger partial charge is 0.338 e. The fraction of sp³-hybridized carbons (Fsp3) is 0.262. The highest BCUT2D eigenvalue weighted by molar-refractivity contribution is 5.90. The van der Waals surface area contributed by atoms with E-state index in [0.29, 0.717) is 0 Å². The number of carbonyl (C=O) groups excluding carboxylic acids is 3. The molecule has 1 N–H and O–H groups in total. The number of aliphatic hydroxyl groups excluding tert-OH is 1. The first-order chi connectivity index (χ1) is 36.8. The van der Waals surface area contributed by atoms with Gasteiger partial charge in [0, 0.05) is 0 Å². The molecule has 2 fully saturated rings. The third-order valence-electron chi connectivity index (χ3n) is 12.7. The van der Waals surface area contributed by atoms with E-state index in [1.807, 2.05) is 121 Å². The Labute approximate surface area is 435 Å². The third-order valence-corrected chi connectivity index (χ3v) is 12.7. The number of rotatable bonds is 23. The molecule has 0 aliphatic carbocycles. The van der Waals surface area contributed by atoms with Crippen LogP contribution in [0.5, 0.6) is 0 Å². The molecule has 9 rings (SSSR count). The molecule has 0 spiro atoms. The van der Waals surface area contributed by atoms with Crippen LogP contribution in [-0.2, 0) is 73.8 Å². The van der Waals surface area contributed by atoms with Gasteiger partial charge in [0.2, 0.25) is 5.79 Å². The monoisotopic (exact) mass is 1010 g/mol. The summed E-state index contributed by atoms with van der Waals surface area (Å²) in [6.45, 7) is -0.838. The first kappa shape index (κ1) is 52.5. The van der Waals surface area contributed by atoms with Crippen molar-refractivity contribution in [2.75, 3.05) is 19.8 Å². The summed E-state index contributed by atoms with van der Waals surface area (Å²) in [6.07, 6.45) is -10.4. The Morgan fingerprint density at radius 2 is 0.827 bits per heavy atom. The molecule has 14 nitrogen and oxygen atoms in total. The largest absolute Gasteiger partial charge is 0.459 e. The minimum atomic E-state index is -2.41. The summed E-state index contributed by atoms with van der Waals surface area (Å²) in [5.74, 6) is -4.72. The molecule has 386 valence electrons. The summed E-state index contributed by atoms with van der Waals surface area (Å²) in [7, 11) is 0. The molecule has 7 aromatic rings. The molecule has 2 saturated heterocycles. The molecule has 0 amide bonds. The number of esters is 3. The lowest BCUT2D eigenvalue weighted by Crippen LogP contribution is -2.64. The number of hydrogen-bond acceptors (Lipinski definition) is 14. The average molecular weight is 1020 g/mol. The van der Waals surface area contributed by atoms with E-state index in [4.69, 9.17) is 47.4 Å². The van der Waals surface area contributed by atoms with Gasteiger partial charge in [-0.25, -0.2) is 14.4 Å². The van der Waals surface area contributed by atoms with Crippen LogP contribution in [-0.4, -0.2) is 97.6 Å². The molecule has 0 aromatic heterocycles. The summed E-state index contributed by atoms with van der Waals surface area (Å²) in [6, 6.07) is 63.1. The molecule has 7 aromatic carbocycles. The van der Waals surface area contributed by atoms with E-state index in [-0.39, 0.29) is 49.7 Å². The summed E-state index contributed by atoms with van der Waals surface area (Å²) in [4.78, 5) is 41.3. The van der Waals surface area contributed by atoms with E-state index in [1.54, 1.807) is 91.0 Å². The molecule has 9 atom stereocenters. The van der Waals surface area contributed by atoms with Crippen LogP contribution < -0.4 is 0 Å². The van der Waals surface area contributed by atoms with Crippen molar-refractivity contribution in [3.8, 4) is 0 Å². The topological polar surface area (TPSA) is 164 Å². The van der Waals surface area contributed by atoms with Crippen molar-refractivity contribution < 1.29 is 66.9 Å². The Morgan fingerprint density at radius 3 is 1.31 bits per heavy atom. The molecule has 2 aliphatic rings.